The molecule has 0 atom stereocenters. The van der Waals surface area contributed by atoms with Crippen molar-refractivity contribution in [2.75, 3.05) is 6.67 Å². The van der Waals surface area contributed by atoms with Crippen LogP contribution >= 0.6 is 0 Å². The molecule has 0 saturated carbocycles. The van der Waals surface area contributed by atoms with Crippen molar-refractivity contribution in [1.29, 1.82) is 0 Å². The van der Waals surface area contributed by atoms with E-state index in [2.05, 4.69) is 20.5 Å². The van der Waals surface area contributed by atoms with E-state index >= 15 is 0 Å². The fraction of sp³-hybridized carbons (Fsp3) is 0.800. The van der Waals surface area contributed by atoms with Gasteiger partial charge in [-0.3, -0.25) is 0 Å². The van der Waals surface area contributed by atoms with Crippen molar-refractivity contribution >= 4 is 5.96 Å². The molecule has 4 nitrogen and oxygen atoms in total. The van der Waals surface area contributed by atoms with E-state index in [1.54, 1.807) is 0 Å². The Balaban J connectivity index is 2.35. The third-order valence-electron chi connectivity index (χ3n) is 0.867. The van der Waals surface area contributed by atoms with Gasteiger partial charge in [-0.2, -0.15) is 5.11 Å². The Morgan fingerprint density at radius 3 is 2.78 bits per heavy atom. The predicted octanol–water partition coefficient (Wildman–Crippen LogP) is 0.764. The van der Waals surface area contributed by atoms with Gasteiger partial charge in [-0.25, -0.2) is 4.99 Å². The average molecular weight is 126 g/mol. The highest BCUT2D eigenvalue weighted by molar-refractivity contribution is 5.81. The minimum Gasteiger partial charge on any atom is -0.351 e. The summed E-state index contributed by atoms with van der Waals surface area (Å²) in [5.41, 5.74) is 0. The summed E-state index contributed by atoms with van der Waals surface area (Å²) < 4.78 is 0. The first-order valence-corrected chi connectivity index (χ1v) is 2.97. The van der Waals surface area contributed by atoms with E-state index in [9.17, 15) is 0 Å². The topological polar surface area (TPSA) is 49.1 Å². The number of guanidine groups is 1. The summed E-state index contributed by atoms with van der Waals surface area (Å²) >= 11 is 0. The molecule has 1 aliphatic heterocycles. The fourth-order valence-electron chi connectivity index (χ4n) is 0.562. The van der Waals surface area contributed by atoms with Crippen molar-refractivity contribution < 1.29 is 0 Å². The van der Waals surface area contributed by atoms with Crippen LogP contribution in [0, 0.1) is 0 Å². The number of azo groups is 1. The van der Waals surface area contributed by atoms with Gasteiger partial charge >= 0.3 is 0 Å². The lowest BCUT2D eigenvalue weighted by Gasteiger charge is -2.03. The maximum absolute atomic E-state index is 3.95. The standard InChI is InChI=1S/C5H10N4/c1-4(2)8-5-6-3-7-9-5/h4H,3H2,1-2H3,(H,6,8). The Morgan fingerprint density at radius 2 is 2.33 bits per heavy atom. The zero-order chi connectivity index (χ0) is 6.69. The van der Waals surface area contributed by atoms with Gasteiger partial charge in [0, 0.05) is 6.04 Å². The molecule has 1 rings (SSSR count). The summed E-state index contributed by atoms with van der Waals surface area (Å²) in [6.07, 6.45) is 0. The molecule has 1 aliphatic rings. The minimum atomic E-state index is 0.390. The van der Waals surface area contributed by atoms with Crippen LogP contribution in [0.1, 0.15) is 13.8 Å². The zero-order valence-corrected chi connectivity index (χ0v) is 5.63. The van der Waals surface area contributed by atoms with E-state index < -0.39 is 0 Å². The van der Waals surface area contributed by atoms with Gasteiger partial charge in [0.2, 0.25) is 5.96 Å². The van der Waals surface area contributed by atoms with Gasteiger partial charge in [0.1, 0.15) is 0 Å². The van der Waals surface area contributed by atoms with E-state index in [1.165, 1.54) is 0 Å². The SMILES string of the molecule is CC(C)NC1=NCN=N1. The van der Waals surface area contributed by atoms with Gasteiger partial charge in [0.15, 0.2) is 6.67 Å². The van der Waals surface area contributed by atoms with Gasteiger partial charge in [-0.1, -0.05) is 0 Å². The highest BCUT2D eigenvalue weighted by Gasteiger charge is 2.01. The lowest BCUT2D eigenvalue weighted by atomic mass is 10.4. The Morgan fingerprint density at radius 1 is 1.56 bits per heavy atom. The molecular weight excluding hydrogens is 116 g/mol. The lowest BCUT2D eigenvalue weighted by molar-refractivity contribution is 0.728. The van der Waals surface area contributed by atoms with Gasteiger partial charge in [-0.15, -0.1) is 5.11 Å². The van der Waals surface area contributed by atoms with E-state index in [0.717, 1.165) is 0 Å². The summed E-state index contributed by atoms with van der Waals surface area (Å²) in [4.78, 5) is 3.95. The van der Waals surface area contributed by atoms with Gasteiger partial charge in [0.25, 0.3) is 0 Å². The van der Waals surface area contributed by atoms with E-state index in [-0.39, 0.29) is 0 Å². The highest BCUT2D eigenvalue weighted by Crippen LogP contribution is 1.91. The van der Waals surface area contributed by atoms with Crippen LogP contribution in [0.3, 0.4) is 0 Å². The summed E-state index contributed by atoms with van der Waals surface area (Å²) in [7, 11) is 0. The Hall–Kier alpha value is -0.930. The summed E-state index contributed by atoms with van der Waals surface area (Å²) in [5.74, 6) is 0.657. The molecule has 0 spiro atoms. The third-order valence-corrected chi connectivity index (χ3v) is 0.867. The molecule has 50 valence electrons. The molecule has 0 radical (unpaired) electrons. The molecule has 0 aliphatic carbocycles. The molecule has 9 heavy (non-hydrogen) atoms. The van der Waals surface area contributed by atoms with E-state index in [0.29, 0.717) is 18.7 Å². The van der Waals surface area contributed by atoms with Crippen LogP contribution in [0.5, 0.6) is 0 Å². The van der Waals surface area contributed by atoms with Crippen LogP contribution in [0.4, 0.5) is 0 Å². The lowest BCUT2D eigenvalue weighted by Crippen LogP contribution is -2.27. The predicted molar refractivity (Wildman–Crippen MR) is 35.4 cm³/mol. The van der Waals surface area contributed by atoms with Crippen molar-refractivity contribution in [3.63, 3.8) is 0 Å². The minimum absolute atomic E-state index is 0.390. The summed E-state index contributed by atoms with van der Waals surface area (Å²) in [6.45, 7) is 4.56. The van der Waals surface area contributed by atoms with Crippen molar-refractivity contribution in [3.8, 4) is 0 Å². The summed E-state index contributed by atoms with van der Waals surface area (Å²) in [6, 6.07) is 0.390. The molecule has 0 unspecified atom stereocenters. The van der Waals surface area contributed by atoms with Crippen molar-refractivity contribution in [2.45, 2.75) is 19.9 Å². The Labute approximate surface area is 54.1 Å². The molecule has 0 fully saturated rings. The maximum atomic E-state index is 3.95. The van der Waals surface area contributed by atoms with Crippen molar-refractivity contribution in [2.24, 2.45) is 15.2 Å². The van der Waals surface area contributed by atoms with Gasteiger partial charge in [-0.05, 0) is 13.8 Å². The largest absolute Gasteiger partial charge is 0.351 e. The smallest absolute Gasteiger partial charge is 0.239 e. The number of hydrogen-bond donors (Lipinski definition) is 1. The second kappa shape index (κ2) is 2.57. The molecule has 4 heteroatoms. The Kier molecular flexibility index (Phi) is 1.77. The molecular formula is C5H10N4. The van der Waals surface area contributed by atoms with E-state index in [1.807, 2.05) is 13.8 Å². The molecule has 0 amide bonds. The van der Waals surface area contributed by atoms with Crippen LogP contribution in [0.2, 0.25) is 0 Å². The number of rotatable bonds is 1. The first-order valence-electron chi connectivity index (χ1n) is 2.97. The average Bonchev–Trinajstić information content (AvgIpc) is 2.15. The van der Waals surface area contributed by atoms with Crippen molar-refractivity contribution in [3.05, 3.63) is 0 Å². The number of aliphatic imine (C=N–C) groups is 1. The van der Waals surface area contributed by atoms with Gasteiger partial charge < -0.3 is 5.32 Å². The molecule has 0 aromatic carbocycles. The summed E-state index contributed by atoms with van der Waals surface area (Å²) in [5, 5.41) is 10.4. The molecule has 1 heterocycles. The number of nitrogens with one attached hydrogen (secondary N) is 1. The monoisotopic (exact) mass is 126 g/mol. The third kappa shape index (κ3) is 1.79. The van der Waals surface area contributed by atoms with Crippen LogP contribution in [-0.4, -0.2) is 18.7 Å². The van der Waals surface area contributed by atoms with E-state index in [4.69, 9.17) is 0 Å². The fourth-order valence-corrected chi connectivity index (χ4v) is 0.562. The second-order valence-corrected chi connectivity index (χ2v) is 2.16. The van der Waals surface area contributed by atoms with Crippen LogP contribution in [0.15, 0.2) is 15.2 Å². The normalized spacial score (nSPS) is 16.6. The molecule has 1 N–H and O–H groups in total. The molecule has 0 aromatic rings. The molecule has 0 saturated heterocycles. The number of hydrogen-bond acceptors (Lipinski definition) is 4. The zero-order valence-electron chi connectivity index (χ0n) is 5.63. The van der Waals surface area contributed by atoms with Crippen LogP contribution in [-0.2, 0) is 0 Å². The number of nitrogens with zero attached hydrogens (tertiary/aromatic N) is 3. The highest BCUT2D eigenvalue weighted by atomic mass is 15.3. The van der Waals surface area contributed by atoms with Crippen molar-refractivity contribution in [1.82, 2.24) is 5.32 Å². The first kappa shape index (κ1) is 6.19. The molecule has 0 bridgehead atoms. The second-order valence-electron chi connectivity index (χ2n) is 2.16. The molecule has 0 aromatic heterocycles. The van der Waals surface area contributed by atoms with Gasteiger partial charge in [0.05, 0.1) is 0 Å². The quantitative estimate of drug-likeness (QED) is 0.554. The Bertz CT molecular complexity index is 147. The maximum Gasteiger partial charge on any atom is 0.239 e. The first-order chi connectivity index (χ1) is 4.29. The van der Waals surface area contributed by atoms with Crippen LogP contribution < -0.4 is 5.32 Å². The van der Waals surface area contributed by atoms with Crippen LogP contribution in [0.25, 0.3) is 0 Å².